The number of halogens is 1. The maximum atomic E-state index is 5.95. The maximum Gasteiger partial charge on any atom is 0.0410 e. The zero-order valence-electron chi connectivity index (χ0n) is 11.5. The van der Waals surface area contributed by atoms with E-state index >= 15 is 0 Å². The molecule has 3 unspecified atom stereocenters. The molecule has 0 saturated carbocycles. The number of hydrogen-bond acceptors (Lipinski definition) is 2. The van der Waals surface area contributed by atoms with E-state index in [1.54, 1.807) is 0 Å². The van der Waals surface area contributed by atoms with E-state index in [4.69, 9.17) is 5.73 Å². The Morgan fingerprint density at radius 3 is 2.50 bits per heavy atom. The molecule has 1 saturated heterocycles. The summed E-state index contributed by atoms with van der Waals surface area (Å²) in [6, 6.07) is 6.77. The molecular formula is C15H23BrN2. The molecule has 3 atom stereocenters. The predicted octanol–water partition coefficient (Wildman–Crippen LogP) is 3.43. The van der Waals surface area contributed by atoms with Gasteiger partial charge in [-0.25, -0.2) is 0 Å². The smallest absolute Gasteiger partial charge is 0.0410 e. The normalized spacial score (nSPS) is 25.5. The van der Waals surface area contributed by atoms with Gasteiger partial charge >= 0.3 is 0 Å². The quantitative estimate of drug-likeness (QED) is 0.926. The first-order valence-electron chi connectivity index (χ1n) is 6.76. The summed E-state index contributed by atoms with van der Waals surface area (Å²) in [6.45, 7) is 9.07. The van der Waals surface area contributed by atoms with Gasteiger partial charge in [0, 0.05) is 29.3 Å². The molecule has 1 heterocycles. The van der Waals surface area contributed by atoms with Crippen molar-refractivity contribution in [2.75, 3.05) is 18.0 Å². The third-order valence-electron chi connectivity index (χ3n) is 3.92. The second-order valence-electron chi connectivity index (χ2n) is 5.81. The highest BCUT2D eigenvalue weighted by Crippen LogP contribution is 2.32. The first-order valence-corrected chi connectivity index (χ1v) is 7.55. The zero-order chi connectivity index (χ0) is 13.3. The summed E-state index contributed by atoms with van der Waals surface area (Å²) >= 11 is 3.58. The first kappa shape index (κ1) is 13.9. The second kappa shape index (κ2) is 5.62. The third-order valence-corrected chi connectivity index (χ3v) is 4.41. The Kier molecular flexibility index (Phi) is 4.33. The van der Waals surface area contributed by atoms with Crippen LogP contribution in [0.25, 0.3) is 0 Å². The number of rotatable bonds is 3. The molecule has 1 fully saturated rings. The van der Waals surface area contributed by atoms with Crippen LogP contribution in [0.4, 0.5) is 5.69 Å². The van der Waals surface area contributed by atoms with Gasteiger partial charge in [-0.1, -0.05) is 35.8 Å². The van der Waals surface area contributed by atoms with Gasteiger partial charge in [0.15, 0.2) is 0 Å². The van der Waals surface area contributed by atoms with Gasteiger partial charge in [-0.05, 0) is 42.9 Å². The molecule has 1 aromatic rings. The van der Waals surface area contributed by atoms with E-state index in [1.165, 1.54) is 11.3 Å². The van der Waals surface area contributed by atoms with Crippen LogP contribution >= 0.6 is 15.9 Å². The molecule has 0 bridgehead atoms. The predicted molar refractivity (Wildman–Crippen MR) is 82.0 cm³/mol. The van der Waals surface area contributed by atoms with Gasteiger partial charge in [-0.2, -0.15) is 0 Å². The zero-order valence-corrected chi connectivity index (χ0v) is 13.1. The fraction of sp³-hybridized carbons (Fsp3) is 0.600. The average Bonchev–Trinajstić information content (AvgIpc) is 2.61. The van der Waals surface area contributed by atoms with Crippen LogP contribution in [0.1, 0.15) is 26.3 Å². The van der Waals surface area contributed by atoms with Crippen LogP contribution in [0.15, 0.2) is 22.7 Å². The molecule has 18 heavy (non-hydrogen) atoms. The van der Waals surface area contributed by atoms with Crippen LogP contribution < -0.4 is 10.6 Å². The summed E-state index contributed by atoms with van der Waals surface area (Å²) in [6.07, 6.45) is 0.946. The molecule has 2 N–H and O–H groups in total. The van der Waals surface area contributed by atoms with E-state index in [1.807, 2.05) is 0 Å². The lowest BCUT2D eigenvalue weighted by Crippen LogP contribution is -2.24. The number of anilines is 1. The maximum absolute atomic E-state index is 5.95. The molecule has 0 spiro atoms. The lowest BCUT2D eigenvalue weighted by Gasteiger charge is -2.23. The first-order chi connectivity index (χ1) is 8.47. The van der Waals surface area contributed by atoms with Crippen molar-refractivity contribution >= 4 is 21.6 Å². The highest BCUT2D eigenvalue weighted by atomic mass is 79.9. The van der Waals surface area contributed by atoms with Gasteiger partial charge in [-0.15, -0.1) is 0 Å². The fourth-order valence-corrected chi connectivity index (χ4v) is 3.03. The second-order valence-corrected chi connectivity index (χ2v) is 6.73. The molecule has 0 amide bonds. The van der Waals surface area contributed by atoms with Gasteiger partial charge < -0.3 is 10.6 Å². The van der Waals surface area contributed by atoms with Gasteiger partial charge in [0.2, 0.25) is 0 Å². The lowest BCUT2D eigenvalue weighted by molar-refractivity contribution is 0.494. The molecule has 0 aromatic heterocycles. The minimum Gasteiger partial charge on any atom is -0.371 e. The fourth-order valence-electron chi connectivity index (χ4n) is 2.68. The standard InChI is InChI=1S/C15H23BrN2/c1-10-8-18(9-11(10)2)15-7-14(16)5-4-13(15)6-12(3)17/h4-5,7,10-12H,6,8-9,17H2,1-3H3. The SMILES string of the molecule is CC(N)Cc1ccc(Br)cc1N1CC(C)C(C)C1. The Hall–Kier alpha value is -0.540. The van der Waals surface area contributed by atoms with E-state index in [0.29, 0.717) is 0 Å². The minimum atomic E-state index is 0.211. The number of benzene rings is 1. The molecule has 2 rings (SSSR count). The van der Waals surface area contributed by atoms with Crippen molar-refractivity contribution in [3.05, 3.63) is 28.2 Å². The number of nitrogens with zero attached hydrogens (tertiary/aromatic N) is 1. The molecule has 0 radical (unpaired) electrons. The van der Waals surface area contributed by atoms with E-state index in [-0.39, 0.29) is 6.04 Å². The molecule has 1 aliphatic rings. The Morgan fingerprint density at radius 1 is 1.33 bits per heavy atom. The number of hydrogen-bond donors (Lipinski definition) is 1. The van der Waals surface area contributed by atoms with Crippen molar-refractivity contribution in [1.29, 1.82) is 0 Å². The Bertz CT molecular complexity index is 407. The molecule has 100 valence electrons. The molecular weight excluding hydrogens is 288 g/mol. The molecule has 1 aliphatic heterocycles. The molecule has 1 aromatic carbocycles. The third kappa shape index (κ3) is 3.07. The van der Waals surface area contributed by atoms with Crippen LogP contribution in [0.2, 0.25) is 0 Å². The van der Waals surface area contributed by atoms with E-state index in [0.717, 1.165) is 35.8 Å². The molecule has 0 aliphatic carbocycles. The van der Waals surface area contributed by atoms with Crippen LogP contribution in [-0.2, 0) is 6.42 Å². The average molecular weight is 311 g/mol. The van der Waals surface area contributed by atoms with Gasteiger partial charge in [-0.3, -0.25) is 0 Å². The van der Waals surface area contributed by atoms with Crippen molar-refractivity contribution in [2.24, 2.45) is 17.6 Å². The van der Waals surface area contributed by atoms with Crippen molar-refractivity contribution < 1.29 is 0 Å². The lowest BCUT2D eigenvalue weighted by atomic mass is 10.0. The summed E-state index contributed by atoms with van der Waals surface area (Å²) in [4.78, 5) is 2.51. The summed E-state index contributed by atoms with van der Waals surface area (Å²) in [5, 5.41) is 0. The van der Waals surface area contributed by atoms with Crippen molar-refractivity contribution in [1.82, 2.24) is 0 Å². The Morgan fingerprint density at radius 2 is 1.94 bits per heavy atom. The summed E-state index contributed by atoms with van der Waals surface area (Å²) < 4.78 is 1.15. The van der Waals surface area contributed by atoms with Crippen LogP contribution in [0.3, 0.4) is 0 Å². The van der Waals surface area contributed by atoms with Gasteiger partial charge in [0.05, 0.1) is 0 Å². The highest BCUT2D eigenvalue weighted by Gasteiger charge is 2.27. The van der Waals surface area contributed by atoms with E-state index < -0.39 is 0 Å². The van der Waals surface area contributed by atoms with Gasteiger partial charge in [0.1, 0.15) is 0 Å². The van der Waals surface area contributed by atoms with Crippen molar-refractivity contribution in [3.63, 3.8) is 0 Å². The van der Waals surface area contributed by atoms with Crippen LogP contribution in [-0.4, -0.2) is 19.1 Å². The van der Waals surface area contributed by atoms with E-state index in [9.17, 15) is 0 Å². The molecule has 2 nitrogen and oxygen atoms in total. The number of nitrogens with two attached hydrogens (primary N) is 1. The summed E-state index contributed by atoms with van der Waals surface area (Å²) in [5.74, 6) is 1.54. The topological polar surface area (TPSA) is 29.3 Å². The van der Waals surface area contributed by atoms with Crippen molar-refractivity contribution in [3.8, 4) is 0 Å². The minimum absolute atomic E-state index is 0.211. The van der Waals surface area contributed by atoms with E-state index in [2.05, 4.69) is 59.8 Å². The van der Waals surface area contributed by atoms with Crippen LogP contribution in [0, 0.1) is 11.8 Å². The Labute approximate surface area is 119 Å². The van der Waals surface area contributed by atoms with Gasteiger partial charge in [0.25, 0.3) is 0 Å². The monoisotopic (exact) mass is 310 g/mol. The largest absolute Gasteiger partial charge is 0.371 e. The summed E-state index contributed by atoms with van der Waals surface area (Å²) in [7, 11) is 0. The highest BCUT2D eigenvalue weighted by molar-refractivity contribution is 9.10. The molecule has 3 heteroatoms. The van der Waals surface area contributed by atoms with Crippen molar-refractivity contribution in [2.45, 2.75) is 33.2 Å². The summed E-state index contributed by atoms with van der Waals surface area (Å²) in [5.41, 5.74) is 8.68. The Balaban J connectivity index is 2.27. The van der Waals surface area contributed by atoms with Crippen LogP contribution in [0.5, 0.6) is 0 Å².